The second-order valence-corrected chi connectivity index (χ2v) is 5.75. The highest BCUT2D eigenvalue weighted by molar-refractivity contribution is 5.94. The Morgan fingerprint density at radius 3 is 2.72 bits per heavy atom. The predicted molar refractivity (Wildman–Crippen MR) is 96.8 cm³/mol. The quantitative estimate of drug-likeness (QED) is 0.592. The van der Waals surface area contributed by atoms with Gasteiger partial charge in [0.2, 0.25) is 17.7 Å². The molecule has 3 aromatic rings. The number of hydrogen-bond donors (Lipinski definition) is 2. The minimum absolute atomic E-state index is 0.0490. The summed E-state index contributed by atoms with van der Waals surface area (Å²) >= 11 is 0. The van der Waals surface area contributed by atoms with Crippen molar-refractivity contribution >= 4 is 11.9 Å². The number of aromatic nitrogens is 4. The van der Waals surface area contributed by atoms with E-state index in [9.17, 15) is 18.0 Å². The molecular weight excluding hydrogens is 389 g/mol. The molecule has 0 aliphatic rings. The first-order valence-electron chi connectivity index (χ1n) is 8.36. The van der Waals surface area contributed by atoms with Gasteiger partial charge in [-0.2, -0.15) is 8.78 Å². The van der Waals surface area contributed by atoms with Gasteiger partial charge in [-0.1, -0.05) is 6.07 Å². The molecule has 0 radical (unpaired) electrons. The molecule has 8 nitrogen and oxygen atoms in total. The molecule has 0 bridgehead atoms. The summed E-state index contributed by atoms with van der Waals surface area (Å²) in [7, 11) is 0. The highest BCUT2D eigenvalue weighted by Crippen LogP contribution is 2.21. The fourth-order valence-corrected chi connectivity index (χ4v) is 2.41. The van der Waals surface area contributed by atoms with Gasteiger partial charge in [0.15, 0.2) is 0 Å². The maximum absolute atomic E-state index is 14.0. The molecule has 150 valence electrons. The zero-order valence-corrected chi connectivity index (χ0v) is 14.8. The van der Waals surface area contributed by atoms with Crippen LogP contribution in [0, 0.1) is 5.82 Å². The third kappa shape index (κ3) is 5.37. The molecule has 2 aromatic heterocycles. The average molecular weight is 404 g/mol. The van der Waals surface area contributed by atoms with E-state index in [0.29, 0.717) is 18.7 Å². The van der Waals surface area contributed by atoms with E-state index in [1.165, 1.54) is 24.4 Å². The van der Waals surface area contributed by atoms with Gasteiger partial charge in [0.25, 0.3) is 0 Å². The minimum atomic E-state index is -2.94. The molecule has 0 aliphatic carbocycles. The number of amides is 1. The van der Waals surface area contributed by atoms with Crippen LogP contribution in [0.15, 0.2) is 42.6 Å². The Hall–Kier alpha value is -3.76. The van der Waals surface area contributed by atoms with Crippen LogP contribution in [0.4, 0.5) is 19.1 Å². The first-order valence-corrected chi connectivity index (χ1v) is 8.36. The minimum Gasteiger partial charge on any atom is -0.417 e. The predicted octanol–water partition coefficient (Wildman–Crippen LogP) is 2.43. The van der Waals surface area contributed by atoms with E-state index in [1.807, 2.05) is 0 Å². The van der Waals surface area contributed by atoms with E-state index in [4.69, 9.17) is 5.73 Å². The lowest BCUT2D eigenvalue weighted by molar-refractivity contribution is -0.0529. The molecule has 3 rings (SSSR count). The molecule has 0 atom stereocenters. The highest BCUT2D eigenvalue weighted by atomic mass is 19.3. The van der Waals surface area contributed by atoms with Crippen molar-refractivity contribution in [1.29, 1.82) is 0 Å². The number of nitrogens with two attached hydrogens (primary N) is 1. The van der Waals surface area contributed by atoms with Crippen molar-refractivity contribution in [2.75, 3.05) is 11.9 Å². The molecule has 29 heavy (non-hydrogen) atoms. The van der Waals surface area contributed by atoms with E-state index in [2.05, 4.69) is 30.2 Å². The average Bonchev–Trinajstić information content (AvgIpc) is 2.69. The van der Waals surface area contributed by atoms with Crippen LogP contribution in [0.25, 0.3) is 11.3 Å². The molecule has 0 unspecified atom stereocenters. The number of nitrogens with one attached hydrogen (secondary N) is 1. The lowest BCUT2D eigenvalue weighted by Gasteiger charge is -2.07. The van der Waals surface area contributed by atoms with Gasteiger partial charge in [0.1, 0.15) is 11.5 Å². The van der Waals surface area contributed by atoms with E-state index >= 15 is 0 Å². The summed E-state index contributed by atoms with van der Waals surface area (Å²) < 4.78 is 42.7. The van der Waals surface area contributed by atoms with Gasteiger partial charge in [-0.15, -0.1) is 10.2 Å². The lowest BCUT2D eigenvalue weighted by Crippen LogP contribution is -2.12. The molecule has 11 heteroatoms. The smallest absolute Gasteiger partial charge is 0.388 e. The number of primary amides is 1. The number of benzene rings is 1. The van der Waals surface area contributed by atoms with Gasteiger partial charge < -0.3 is 15.8 Å². The molecule has 2 heterocycles. The third-order valence-corrected chi connectivity index (χ3v) is 3.74. The summed E-state index contributed by atoms with van der Waals surface area (Å²) in [4.78, 5) is 19.2. The Bertz CT molecular complexity index is 1000. The van der Waals surface area contributed by atoms with Crippen LogP contribution in [0.5, 0.6) is 5.88 Å². The second kappa shape index (κ2) is 8.95. The summed E-state index contributed by atoms with van der Waals surface area (Å²) in [5, 5.41) is 10.7. The fraction of sp³-hybridized carbons (Fsp3) is 0.167. The van der Waals surface area contributed by atoms with Gasteiger partial charge >= 0.3 is 6.61 Å². The van der Waals surface area contributed by atoms with Crippen molar-refractivity contribution in [2.45, 2.75) is 13.0 Å². The normalized spacial score (nSPS) is 10.8. The molecule has 0 saturated carbocycles. The summed E-state index contributed by atoms with van der Waals surface area (Å²) in [5.74, 6) is -1.27. The summed E-state index contributed by atoms with van der Waals surface area (Å²) in [6, 6.07) is 8.21. The Balaban J connectivity index is 1.62. The number of carbonyl (C=O) groups is 1. The zero-order chi connectivity index (χ0) is 20.8. The first kappa shape index (κ1) is 20.0. The SMILES string of the molecule is NC(=O)c1ccc(F)c(-c2cnc(NCCc3cccc(OC(F)F)n3)nn2)c1. The van der Waals surface area contributed by atoms with Crippen molar-refractivity contribution in [2.24, 2.45) is 5.73 Å². The van der Waals surface area contributed by atoms with Crippen LogP contribution in [0.2, 0.25) is 0 Å². The van der Waals surface area contributed by atoms with E-state index < -0.39 is 18.3 Å². The molecule has 0 aliphatic heterocycles. The number of alkyl halides is 2. The molecule has 1 aromatic carbocycles. The van der Waals surface area contributed by atoms with Crippen molar-refractivity contribution in [3.05, 3.63) is 59.7 Å². The van der Waals surface area contributed by atoms with Crippen molar-refractivity contribution < 1.29 is 22.7 Å². The molecule has 0 spiro atoms. The van der Waals surface area contributed by atoms with Gasteiger partial charge in [0.05, 0.1) is 6.20 Å². The second-order valence-electron chi connectivity index (χ2n) is 5.75. The fourth-order valence-electron chi connectivity index (χ4n) is 2.41. The molecule has 0 saturated heterocycles. The number of nitrogens with zero attached hydrogens (tertiary/aromatic N) is 4. The van der Waals surface area contributed by atoms with Crippen LogP contribution in [-0.2, 0) is 6.42 Å². The topological polar surface area (TPSA) is 116 Å². The zero-order valence-electron chi connectivity index (χ0n) is 14.8. The molecular formula is C18H15F3N6O2. The van der Waals surface area contributed by atoms with Crippen LogP contribution >= 0.6 is 0 Å². The Morgan fingerprint density at radius 1 is 1.21 bits per heavy atom. The standard InChI is InChI=1S/C18H15F3N6O2/c19-13-5-4-10(16(22)28)8-12(13)14-9-24-18(27-26-14)23-7-6-11-2-1-3-15(25-11)29-17(20)21/h1-5,8-9,17H,6-7H2,(H2,22,28)(H,23,24,27). The highest BCUT2D eigenvalue weighted by Gasteiger charge is 2.12. The number of carbonyl (C=O) groups excluding carboxylic acids is 1. The van der Waals surface area contributed by atoms with Crippen LogP contribution in [0.3, 0.4) is 0 Å². The molecule has 0 fully saturated rings. The van der Waals surface area contributed by atoms with E-state index in [0.717, 1.165) is 6.07 Å². The number of halogens is 3. The molecule has 3 N–H and O–H groups in total. The van der Waals surface area contributed by atoms with Crippen molar-refractivity contribution in [3.63, 3.8) is 0 Å². The summed E-state index contributed by atoms with van der Waals surface area (Å²) in [6.07, 6.45) is 1.69. The van der Waals surface area contributed by atoms with Gasteiger partial charge in [-0.3, -0.25) is 4.79 Å². The Kier molecular flexibility index (Phi) is 6.17. The van der Waals surface area contributed by atoms with Crippen molar-refractivity contribution in [1.82, 2.24) is 20.2 Å². The monoisotopic (exact) mass is 404 g/mol. The lowest BCUT2D eigenvalue weighted by atomic mass is 10.1. The third-order valence-electron chi connectivity index (χ3n) is 3.74. The van der Waals surface area contributed by atoms with E-state index in [-0.39, 0.29) is 28.6 Å². The largest absolute Gasteiger partial charge is 0.417 e. The summed E-state index contributed by atoms with van der Waals surface area (Å²) in [5.41, 5.74) is 6.05. The van der Waals surface area contributed by atoms with Gasteiger partial charge in [-0.25, -0.2) is 14.4 Å². The maximum atomic E-state index is 14.0. The summed E-state index contributed by atoms with van der Waals surface area (Å²) in [6.45, 7) is -2.60. The van der Waals surface area contributed by atoms with Gasteiger partial charge in [0, 0.05) is 35.9 Å². The van der Waals surface area contributed by atoms with Gasteiger partial charge in [-0.05, 0) is 24.3 Å². The van der Waals surface area contributed by atoms with Crippen LogP contribution in [0.1, 0.15) is 16.1 Å². The number of anilines is 1. The number of ether oxygens (including phenoxy) is 1. The number of pyridine rings is 1. The number of hydrogen-bond acceptors (Lipinski definition) is 7. The first-order chi connectivity index (χ1) is 13.9. The molecule has 1 amide bonds. The van der Waals surface area contributed by atoms with Crippen molar-refractivity contribution in [3.8, 4) is 17.1 Å². The Morgan fingerprint density at radius 2 is 2.03 bits per heavy atom. The van der Waals surface area contributed by atoms with Crippen LogP contribution in [-0.4, -0.2) is 39.2 Å². The Labute approximate surface area is 163 Å². The van der Waals surface area contributed by atoms with E-state index in [1.54, 1.807) is 12.1 Å². The maximum Gasteiger partial charge on any atom is 0.388 e. The van der Waals surface area contributed by atoms with Crippen LogP contribution < -0.4 is 15.8 Å². The number of rotatable bonds is 8.